The van der Waals surface area contributed by atoms with E-state index in [1.165, 1.54) is 70.6 Å². The number of hydrogen-bond donors (Lipinski definition) is 1. The van der Waals surface area contributed by atoms with Gasteiger partial charge in [0.05, 0.1) is 6.61 Å². The Labute approximate surface area is 178 Å². The van der Waals surface area contributed by atoms with Gasteiger partial charge in [-0.3, -0.25) is 9.35 Å². The van der Waals surface area contributed by atoms with Crippen LogP contribution in [0.3, 0.4) is 0 Å². The van der Waals surface area contributed by atoms with Crippen LogP contribution in [0.5, 0.6) is 0 Å². The Hall–Kier alpha value is 0.380. The van der Waals surface area contributed by atoms with Gasteiger partial charge < -0.3 is 6.16 Å². The zero-order valence-electron chi connectivity index (χ0n) is 17.3. The summed E-state index contributed by atoms with van der Waals surface area (Å²) in [5.74, 6) is -1.84. The van der Waals surface area contributed by atoms with E-state index in [1.807, 2.05) is 0 Å². The number of carbonyl (C=O) groups is 1. The molecule has 0 aromatic carbocycles. The van der Waals surface area contributed by atoms with Crippen LogP contribution in [0.2, 0.25) is 0 Å². The van der Waals surface area contributed by atoms with E-state index in [9.17, 15) is 13.2 Å². The maximum absolute atomic E-state index is 11.0. The smallest absolute Gasteiger partial charge is 1.00 e. The fourth-order valence-electron chi connectivity index (χ4n) is 2.67. The maximum Gasteiger partial charge on any atom is 1.00 e. The molecule has 146 valence electrons. The Morgan fingerprint density at radius 1 is 0.800 bits per heavy atom. The first-order valence-electron chi connectivity index (χ1n) is 9.56. The zero-order valence-corrected chi connectivity index (χ0v) is 19.1. The third-order valence-electron chi connectivity index (χ3n) is 4.06. The molecular weight excluding hydrogens is 351 g/mol. The number of unbranched alkanes of at least 4 members (excludes halogenated alkanes) is 13. The van der Waals surface area contributed by atoms with Gasteiger partial charge in [-0.1, -0.05) is 90.4 Å². The molecule has 0 aliphatic heterocycles. The summed E-state index contributed by atoms with van der Waals surface area (Å²) in [7, 11) is -4.27. The van der Waals surface area contributed by atoms with Crippen molar-refractivity contribution in [3.63, 3.8) is 0 Å². The number of ether oxygens (including phenoxy) is 1. The minimum absolute atomic E-state index is 0. The molecule has 7 heteroatoms. The van der Waals surface area contributed by atoms with E-state index in [4.69, 9.17) is 9.29 Å². The van der Waals surface area contributed by atoms with Crippen LogP contribution >= 0.6 is 0 Å². The van der Waals surface area contributed by atoms with E-state index in [2.05, 4.69) is 6.92 Å². The van der Waals surface area contributed by atoms with Gasteiger partial charge in [0.1, 0.15) is 0 Å². The SMILES string of the molecule is CCCCCCCCCCCCCCCCOC(=O)CS(=O)(=O)O.[H-].[Na+]. The summed E-state index contributed by atoms with van der Waals surface area (Å²) in [6, 6.07) is 0. The summed E-state index contributed by atoms with van der Waals surface area (Å²) < 4.78 is 34.1. The average Bonchev–Trinajstić information content (AvgIpc) is 2.49. The van der Waals surface area contributed by atoms with Crippen molar-refractivity contribution < 1.29 is 53.5 Å². The normalized spacial score (nSPS) is 11.1. The van der Waals surface area contributed by atoms with Crippen LogP contribution in [0.15, 0.2) is 0 Å². The molecule has 5 nitrogen and oxygen atoms in total. The predicted octanol–water partition coefficient (Wildman–Crippen LogP) is 2.02. The third-order valence-corrected chi connectivity index (χ3v) is 4.66. The first-order valence-corrected chi connectivity index (χ1v) is 11.2. The van der Waals surface area contributed by atoms with E-state index >= 15 is 0 Å². The molecule has 0 aromatic rings. The van der Waals surface area contributed by atoms with Crippen molar-refractivity contribution in [1.29, 1.82) is 0 Å². The molecule has 0 fully saturated rings. The molecule has 0 saturated carbocycles. The van der Waals surface area contributed by atoms with Gasteiger partial charge in [-0.2, -0.15) is 8.42 Å². The Kier molecular flexibility index (Phi) is 21.1. The molecule has 0 spiro atoms. The molecule has 1 N–H and O–H groups in total. The topological polar surface area (TPSA) is 80.7 Å². The van der Waals surface area contributed by atoms with Crippen molar-refractivity contribution in [2.45, 2.75) is 96.8 Å². The molecule has 0 atom stereocenters. The van der Waals surface area contributed by atoms with Crippen molar-refractivity contribution in [3.05, 3.63) is 0 Å². The van der Waals surface area contributed by atoms with Gasteiger partial charge in [0, 0.05) is 0 Å². The van der Waals surface area contributed by atoms with Crippen LogP contribution in [-0.4, -0.2) is 31.3 Å². The molecule has 0 amide bonds. The minimum atomic E-state index is -4.27. The summed E-state index contributed by atoms with van der Waals surface area (Å²) in [4.78, 5) is 11.0. The molecule has 0 aromatic heterocycles. The van der Waals surface area contributed by atoms with Gasteiger partial charge in [-0.15, -0.1) is 0 Å². The standard InChI is InChI=1S/C18H36O5S.Na.H/c1-2-3-4-5-6-7-8-9-10-11-12-13-14-15-16-23-18(19)17-24(20,21)22;;/h2-17H2,1H3,(H,20,21,22);;/q;+1;-1. The summed E-state index contributed by atoms with van der Waals surface area (Å²) >= 11 is 0. The van der Waals surface area contributed by atoms with Crippen LogP contribution < -0.4 is 29.6 Å². The van der Waals surface area contributed by atoms with Gasteiger partial charge in [0.25, 0.3) is 10.1 Å². The largest absolute Gasteiger partial charge is 1.00 e. The number of hydrogen-bond acceptors (Lipinski definition) is 4. The van der Waals surface area contributed by atoms with Crippen molar-refractivity contribution in [1.82, 2.24) is 0 Å². The molecule has 0 saturated heterocycles. The van der Waals surface area contributed by atoms with Gasteiger partial charge in [0.15, 0.2) is 5.75 Å². The van der Waals surface area contributed by atoms with E-state index in [1.54, 1.807) is 0 Å². The quantitative estimate of drug-likeness (QED) is 0.178. The molecule has 0 heterocycles. The molecule has 25 heavy (non-hydrogen) atoms. The fourth-order valence-corrected chi connectivity index (χ4v) is 3.05. The predicted molar refractivity (Wildman–Crippen MR) is 98.8 cm³/mol. The van der Waals surface area contributed by atoms with Gasteiger partial charge in [-0.25, -0.2) is 0 Å². The molecule has 0 unspecified atom stereocenters. The van der Waals surface area contributed by atoms with Crippen molar-refractivity contribution in [2.24, 2.45) is 0 Å². The average molecular weight is 389 g/mol. The molecule has 0 rings (SSSR count). The summed E-state index contributed by atoms with van der Waals surface area (Å²) in [6.45, 7) is 2.48. The molecule has 0 radical (unpaired) electrons. The number of rotatable bonds is 17. The van der Waals surface area contributed by atoms with Crippen LogP contribution in [0.4, 0.5) is 0 Å². The van der Waals surface area contributed by atoms with E-state index in [0.717, 1.165) is 19.3 Å². The van der Waals surface area contributed by atoms with E-state index in [0.29, 0.717) is 0 Å². The van der Waals surface area contributed by atoms with E-state index in [-0.39, 0.29) is 37.6 Å². The van der Waals surface area contributed by atoms with Crippen LogP contribution in [0.25, 0.3) is 0 Å². The zero-order chi connectivity index (χ0) is 18.1. The van der Waals surface area contributed by atoms with Gasteiger partial charge in [0.2, 0.25) is 0 Å². The fraction of sp³-hybridized carbons (Fsp3) is 0.944. The third kappa shape index (κ3) is 24.4. The van der Waals surface area contributed by atoms with Gasteiger partial charge in [-0.05, 0) is 6.42 Å². The first-order chi connectivity index (χ1) is 11.5. The Balaban J connectivity index is -0.00000264. The second kappa shape index (κ2) is 19.2. The van der Waals surface area contributed by atoms with Crippen LogP contribution in [0.1, 0.15) is 98.2 Å². The Morgan fingerprint density at radius 2 is 1.16 bits per heavy atom. The monoisotopic (exact) mass is 388 g/mol. The van der Waals surface area contributed by atoms with Crippen molar-refractivity contribution in [2.75, 3.05) is 12.4 Å². The Bertz CT molecular complexity index is 404. The van der Waals surface area contributed by atoms with Crippen LogP contribution in [-0.2, 0) is 19.6 Å². The maximum atomic E-state index is 11.0. The number of carbonyl (C=O) groups excluding carboxylic acids is 1. The molecule has 0 bridgehead atoms. The minimum Gasteiger partial charge on any atom is -1.00 e. The second-order valence-electron chi connectivity index (χ2n) is 6.54. The van der Waals surface area contributed by atoms with Crippen LogP contribution in [0, 0.1) is 0 Å². The molecular formula is C18H37NaO5S. The summed E-state index contributed by atoms with van der Waals surface area (Å²) in [6.07, 6.45) is 17.5. The second-order valence-corrected chi connectivity index (χ2v) is 8.00. The van der Waals surface area contributed by atoms with Crippen molar-refractivity contribution in [3.8, 4) is 0 Å². The molecule has 0 aliphatic carbocycles. The number of esters is 1. The van der Waals surface area contributed by atoms with Gasteiger partial charge >= 0.3 is 35.5 Å². The summed E-state index contributed by atoms with van der Waals surface area (Å²) in [5, 5.41) is 0. The van der Waals surface area contributed by atoms with Crippen molar-refractivity contribution >= 4 is 16.1 Å². The summed E-state index contributed by atoms with van der Waals surface area (Å²) in [5.41, 5.74) is 0. The first kappa shape index (κ1) is 27.6. The van der Waals surface area contributed by atoms with E-state index < -0.39 is 21.8 Å². The molecule has 0 aliphatic rings. The Morgan fingerprint density at radius 3 is 1.52 bits per heavy atom.